The maximum absolute atomic E-state index is 12.5. The number of hydrogen-bond donors (Lipinski definition) is 1. The first-order valence-electron chi connectivity index (χ1n) is 7.60. The van der Waals surface area contributed by atoms with Crippen molar-refractivity contribution in [3.63, 3.8) is 0 Å². The van der Waals surface area contributed by atoms with E-state index >= 15 is 0 Å². The third kappa shape index (κ3) is 3.71. The summed E-state index contributed by atoms with van der Waals surface area (Å²) in [5.74, 6) is 0.524. The molecule has 18 heavy (non-hydrogen) atoms. The molecule has 0 aromatic rings. The Hall–Kier alpha value is -0.570. The summed E-state index contributed by atoms with van der Waals surface area (Å²) in [5, 5.41) is 10.1. The van der Waals surface area contributed by atoms with Crippen LogP contribution in [0.2, 0.25) is 0 Å². The average Bonchev–Trinajstić information content (AvgIpc) is 2.26. The van der Waals surface area contributed by atoms with Gasteiger partial charge in [0.15, 0.2) is 0 Å². The van der Waals surface area contributed by atoms with Gasteiger partial charge in [-0.3, -0.25) is 4.79 Å². The Balaban J connectivity index is 1.92. The van der Waals surface area contributed by atoms with Gasteiger partial charge >= 0.3 is 0 Å². The van der Waals surface area contributed by atoms with Gasteiger partial charge in [-0.2, -0.15) is 0 Å². The average molecular weight is 253 g/mol. The van der Waals surface area contributed by atoms with E-state index in [1.54, 1.807) is 0 Å². The summed E-state index contributed by atoms with van der Waals surface area (Å²) in [5.41, 5.74) is -0.671. The molecule has 2 aliphatic rings. The normalized spacial score (nSPS) is 31.8. The SMILES string of the molecule is CC1(O)CCCN(C(=O)C2CCCCCCC2)C1. The number of nitrogens with zero attached hydrogens (tertiary/aromatic N) is 1. The molecule has 0 bridgehead atoms. The van der Waals surface area contributed by atoms with Gasteiger partial charge < -0.3 is 10.0 Å². The smallest absolute Gasteiger partial charge is 0.225 e. The van der Waals surface area contributed by atoms with Crippen LogP contribution in [0.1, 0.15) is 64.7 Å². The third-order valence-electron chi connectivity index (χ3n) is 4.44. The highest BCUT2D eigenvalue weighted by Crippen LogP contribution is 2.27. The quantitative estimate of drug-likeness (QED) is 0.780. The second-order valence-corrected chi connectivity index (χ2v) is 6.40. The number of β-amino-alcohol motifs (C(OH)–C–C–N with tert-alkyl or cyclic N) is 1. The van der Waals surface area contributed by atoms with E-state index in [0.29, 0.717) is 12.5 Å². The molecule has 0 aromatic carbocycles. The van der Waals surface area contributed by atoms with E-state index in [0.717, 1.165) is 32.2 Å². The Morgan fingerprint density at radius 2 is 1.72 bits per heavy atom. The summed E-state index contributed by atoms with van der Waals surface area (Å²) in [7, 11) is 0. The highest BCUT2D eigenvalue weighted by atomic mass is 16.3. The molecule has 0 aromatic heterocycles. The van der Waals surface area contributed by atoms with E-state index in [-0.39, 0.29) is 5.92 Å². The molecule has 1 heterocycles. The van der Waals surface area contributed by atoms with Crippen LogP contribution >= 0.6 is 0 Å². The number of rotatable bonds is 1. The fourth-order valence-corrected chi connectivity index (χ4v) is 3.37. The number of amides is 1. The summed E-state index contributed by atoms with van der Waals surface area (Å²) >= 11 is 0. The standard InChI is InChI=1S/C15H27NO2/c1-15(18)10-7-11-16(12-15)14(17)13-8-5-3-2-4-6-9-13/h13,18H,2-12H2,1H3. The van der Waals surface area contributed by atoms with Crippen molar-refractivity contribution in [3.05, 3.63) is 0 Å². The number of piperidine rings is 1. The van der Waals surface area contributed by atoms with Crippen molar-refractivity contribution in [2.45, 2.75) is 70.3 Å². The van der Waals surface area contributed by atoms with Crippen molar-refractivity contribution >= 4 is 5.91 Å². The molecule has 1 amide bonds. The molecule has 0 radical (unpaired) electrons. The first kappa shape index (κ1) is 13.9. The minimum Gasteiger partial charge on any atom is -0.388 e. The lowest BCUT2D eigenvalue weighted by molar-refractivity contribution is -0.142. The predicted octanol–water partition coefficient (Wildman–Crippen LogP) is 2.72. The summed E-state index contributed by atoms with van der Waals surface area (Å²) < 4.78 is 0. The third-order valence-corrected chi connectivity index (χ3v) is 4.44. The molecule has 1 N–H and O–H groups in total. The minimum atomic E-state index is -0.671. The van der Waals surface area contributed by atoms with Gasteiger partial charge in [-0.25, -0.2) is 0 Å². The largest absolute Gasteiger partial charge is 0.388 e. The molecule has 1 unspecified atom stereocenters. The lowest BCUT2D eigenvalue weighted by Crippen LogP contribution is -2.50. The molecule has 1 aliphatic heterocycles. The zero-order chi connectivity index (χ0) is 13.0. The second-order valence-electron chi connectivity index (χ2n) is 6.40. The van der Waals surface area contributed by atoms with Crippen LogP contribution in [0.5, 0.6) is 0 Å². The van der Waals surface area contributed by atoms with Gasteiger partial charge in [0, 0.05) is 19.0 Å². The van der Waals surface area contributed by atoms with Crippen molar-refractivity contribution in [1.82, 2.24) is 4.90 Å². The summed E-state index contributed by atoms with van der Waals surface area (Å²) in [4.78, 5) is 14.4. The van der Waals surface area contributed by atoms with Gasteiger partial charge in [0.25, 0.3) is 0 Å². The maximum Gasteiger partial charge on any atom is 0.225 e. The predicted molar refractivity (Wildman–Crippen MR) is 72.2 cm³/mol. The van der Waals surface area contributed by atoms with Crippen molar-refractivity contribution in [3.8, 4) is 0 Å². The number of likely N-dealkylation sites (tertiary alicyclic amines) is 1. The van der Waals surface area contributed by atoms with Crippen molar-refractivity contribution in [1.29, 1.82) is 0 Å². The molecular formula is C15H27NO2. The minimum absolute atomic E-state index is 0.221. The zero-order valence-corrected chi connectivity index (χ0v) is 11.7. The monoisotopic (exact) mass is 253 g/mol. The van der Waals surface area contributed by atoms with Gasteiger partial charge in [0.2, 0.25) is 5.91 Å². The van der Waals surface area contributed by atoms with Gasteiger partial charge in [-0.05, 0) is 32.6 Å². The number of aliphatic hydroxyl groups is 1. The number of carbonyl (C=O) groups is 1. The highest BCUT2D eigenvalue weighted by molar-refractivity contribution is 5.79. The molecule has 0 spiro atoms. The Morgan fingerprint density at radius 1 is 1.11 bits per heavy atom. The molecule has 2 fully saturated rings. The van der Waals surface area contributed by atoms with Crippen LogP contribution in [0.15, 0.2) is 0 Å². The van der Waals surface area contributed by atoms with Crippen molar-refractivity contribution in [2.75, 3.05) is 13.1 Å². The topological polar surface area (TPSA) is 40.5 Å². The fraction of sp³-hybridized carbons (Fsp3) is 0.933. The van der Waals surface area contributed by atoms with Crippen LogP contribution in [0.4, 0.5) is 0 Å². The first-order valence-corrected chi connectivity index (χ1v) is 7.60. The van der Waals surface area contributed by atoms with Gasteiger partial charge in [0.05, 0.1) is 5.60 Å². The Labute approximate surface area is 111 Å². The van der Waals surface area contributed by atoms with Crippen LogP contribution in [-0.2, 0) is 4.79 Å². The van der Waals surface area contributed by atoms with Crippen LogP contribution in [0.3, 0.4) is 0 Å². The lowest BCUT2D eigenvalue weighted by Gasteiger charge is -2.38. The summed E-state index contributed by atoms with van der Waals surface area (Å²) in [6.07, 6.45) is 10.1. The zero-order valence-electron chi connectivity index (χ0n) is 11.7. The molecule has 2 rings (SSSR count). The molecule has 1 saturated heterocycles. The molecule has 3 heteroatoms. The van der Waals surface area contributed by atoms with Crippen LogP contribution < -0.4 is 0 Å². The Morgan fingerprint density at radius 3 is 2.33 bits per heavy atom. The van der Waals surface area contributed by atoms with E-state index in [1.807, 2.05) is 11.8 Å². The first-order chi connectivity index (χ1) is 8.58. The van der Waals surface area contributed by atoms with Crippen LogP contribution in [-0.4, -0.2) is 34.6 Å². The molecule has 104 valence electrons. The van der Waals surface area contributed by atoms with E-state index < -0.39 is 5.60 Å². The van der Waals surface area contributed by atoms with Crippen molar-refractivity contribution in [2.24, 2.45) is 5.92 Å². The van der Waals surface area contributed by atoms with Gasteiger partial charge in [-0.15, -0.1) is 0 Å². The molecule has 1 aliphatic carbocycles. The van der Waals surface area contributed by atoms with Gasteiger partial charge in [-0.1, -0.05) is 32.1 Å². The second kappa shape index (κ2) is 6.05. The number of hydrogen-bond acceptors (Lipinski definition) is 2. The van der Waals surface area contributed by atoms with Crippen LogP contribution in [0, 0.1) is 5.92 Å². The van der Waals surface area contributed by atoms with E-state index in [9.17, 15) is 9.90 Å². The Kier molecular flexibility index (Phi) is 4.66. The molecule has 1 atom stereocenters. The van der Waals surface area contributed by atoms with E-state index in [2.05, 4.69) is 0 Å². The summed E-state index contributed by atoms with van der Waals surface area (Å²) in [6, 6.07) is 0. The fourth-order valence-electron chi connectivity index (χ4n) is 3.37. The van der Waals surface area contributed by atoms with Gasteiger partial charge in [0.1, 0.15) is 0 Å². The number of carbonyl (C=O) groups excluding carboxylic acids is 1. The Bertz CT molecular complexity index is 280. The van der Waals surface area contributed by atoms with Crippen LogP contribution in [0.25, 0.3) is 0 Å². The van der Waals surface area contributed by atoms with E-state index in [4.69, 9.17) is 0 Å². The molecular weight excluding hydrogens is 226 g/mol. The molecule has 1 saturated carbocycles. The van der Waals surface area contributed by atoms with Crippen molar-refractivity contribution < 1.29 is 9.90 Å². The maximum atomic E-state index is 12.5. The summed E-state index contributed by atoms with van der Waals surface area (Å²) in [6.45, 7) is 3.22. The highest BCUT2D eigenvalue weighted by Gasteiger charge is 2.33. The lowest BCUT2D eigenvalue weighted by atomic mass is 9.88. The molecule has 3 nitrogen and oxygen atoms in total. The van der Waals surface area contributed by atoms with E-state index in [1.165, 1.54) is 32.1 Å².